The molecular weight excluding hydrogens is 382 g/mol. The maximum atomic E-state index is 10.7. The van der Waals surface area contributed by atoms with Crippen molar-refractivity contribution in [2.24, 2.45) is 5.41 Å². The molecule has 0 saturated carbocycles. The summed E-state index contributed by atoms with van der Waals surface area (Å²) >= 11 is 0. The minimum absolute atomic E-state index is 0.215. The molecule has 1 fully saturated rings. The largest absolute Gasteiger partial charge is 0.378 e. The number of nitrogens with zero attached hydrogens (tertiary/aromatic N) is 2. The molecule has 0 radical (unpaired) electrons. The molecule has 2 heterocycles. The van der Waals surface area contributed by atoms with Crippen molar-refractivity contribution in [2.75, 3.05) is 19.6 Å². The summed E-state index contributed by atoms with van der Waals surface area (Å²) in [5.74, 6) is 0. The quantitative estimate of drug-likeness (QED) is 0.656. The maximum Gasteiger partial charge on any atom is 0.109 e. The lowest BCUT2D eigenvalue weighted by Gasteiger charge is -2.48. The number of benzene rings is 1. The zero-order valence-corrected chi connectivity index (χ0v) is 19.5. The maximum absolute atomic E-state index is 10.7. The van der Waals surface area contributed by atoms with E-state index in [1.54, 1.807) is 6.20 Å². The van der Waals surface area contributed by atoms with Gasteiger partial charge in [0, 0.05) is 24.9 Å². The van der Waals surface area contributed by atoms with Crippen molar-refractivity contribution in [3.8, 4) is 0 Å². The van der Waals surface area contributed by atoms with Crippen LogP contribution in [-0.4, -0.2) is 40.9 Å². The van der Waals surface area contributed by atoms with E-state index in [2.05, 4.69) is 60.2 Å². The van der Waals surface area contributed by atoms with E-state index >= 15 is 0 Å². The molecule has 0 bridgehead atoms. The van der Waals surface area contributed by atoms with Crippen LogP contribution in [0.4, 0.5) is 0 Å². The highest BCUT2D eigenvalue weighted by Gasteiger charge is 2.42. The Morgan fingerprint density at radius 2 is 1.90 bits per heavy atom. The predicted octanol–water partition coefficient (Wildman–Crippen LogP) is 4.84. The van der Waals surface area contributed by atoms with Crippen molar-refractivity contribution in [3.05, 3.63) is 65.5 Å². The highest BCUT2D eigenvalue weighted by Crippen LogP contribution is 2.48. The van der Waals surface area contributed by atoms with Crippen molar-refractivity contribution in [1.82, 2.24) is 15.2 Å². The SMILES string of the molecule is CC(C)(C)CCN1CCC2(CC[C@H](NC(O)Cc3cccnc3)c3ccccc32)CC1. The number of likely N-dealkylation sites (tertiary alicyclic amines) is 1. The number of aliphatic hydroxyl groups is 1. The molecule has 1 aromatic carbocycles. The van der Waals surface area contributed by atoms with E-state index in [0.29, 0.717) is 17.3 Å². The smallest absolute Gasteiger partial charge is 0.109 e. The van der Waals surface area contributed by atoms with Gasteiger partial charge in [0.25, 0.3) is 0 Å². The number of hydrogen-bond donors (Lipinski definition) is 2. The Morgan fingerprint density at radius 3 is 2.61 bits per heavy atom. The molecule has 1 spiro atoms. The van der Waals surface area contributed by atoms with E-state index in [0.717, 1.165) is 12.0 Å². The second-order valence-corrected chi connectivity index (χ2v) is 10.9. The van der Waals surface area contributed by atoms with Crippen LogP contribution in [0.15, 0.2) is 48.8 Å². The van der Waals surface area contributed by atoms with Crippen molar-refractivity contribution in [2.45, 2.75) is 77.0 Å². The zero-order valence-electron chi connectivity index (χ0n) is 19.5. The number of piperidine rings is 1. The number of rotatable bonds is 6. The second-order valence-electron chi connectivity index (χ2n) is 10.9. The number of pyridine rings is 1. The molecule has 2 aromatic rings. The van der Waals surface area contributed by atoms with Crippen LogP contribution in [0.5, 0.6) is 0 Å². The Bertz CT molecular complexity index is 837. The first-order valence-electron chi connectivity index (χ1n) is 12.0. The van der Waals surface area contributed by atoms with Gasteiger partial charge in [-0.2, -0.15) is 0 Å². The van der Waals surface area contributed by atoms with E-state index < -0.39 is 6.23 Å². The van der Waals surface area contributed by atoms with Crippen LogP contribution in [0, 0.1) is 5.41 Å². The number of nitrogens with one attached hydrogen (secondary N) is 1. The van der Waals surface area contributed by atoms with Gasteiger partial charge in [0.1, 0.15) is 6.23 Å². The molecule has 1 aromatic heterocycles. The van der Waals surface area contributed by atoms with E-state index in [-0.39, 0.29) is 6.04 Å². The minimum Gasteiger partial charge on any atom is -0.378 e. The Labute approximate surface area is 188 Å². The summed E-state index contributed by atoms with van der Waals surface area (Å²) in [7, 11) is 0. The summed E-state index contributed by atoms with van der Waals surface area (Å²) in [5, 5.41) is 14.2. The molecule has 0 amide bonds. The van der Waals surface area contributed by atoms with Crippen LogP contribution in [0.1, 0.15) is 75.6 Å². The van der Waals surface area contributed by atoms with E-state index in [4.69, 9.17) is 0 Å². The molecule has 1 saturated heterocycles. The predicted molar refractivity (Wildman–Crippen MR) is 127 cm³/mol. The van der Waals surface area contributed by atoms with Gasteiger partial charge < -0.3 is 10.0 Å². The van der Waals surface area contributed by atoms with Crippen LogP contribution in [0.2, 0.25) is 0 Å². The minimum atomic E-state index is -0.560. The lowest BCUT2D eigenvalue weighted by Crippen LogP contribution is -2.47. The molecular formula is C27H39N3O. The van der Waals surface area contributed by atoms with Gasteiger partial charge >= 0.3 is 0 Å². The van der Waals surface area contributed by atoms with Crippen LogP contribution in [0.25, 0.3) is 0 Å². The van der Waals surface area contributed by atoms with Crippen LogP contribution >= 0.6 is 0 Å². The molecule has 4 nitrogen and oxygen atoms in total. The zero-order chi connectivity index (χ0) is 21.9. The van der Waals surface area contributed by atoms with E-state index in [1.807, 2.05) is 18.3 Å². The third kappa shape index (κ3) is 5.54. The summed E-state index contributed by atoms with van der Waals surface area (Å²) in [4.78, 5) is 6.83. The van der Waals surface area contributed by atoms with Gasteiger partial charge in [-0.15, -0.1) is 0 Å². The van der Waals surface area contributed by atoms with Gasteiger partial charge in [-0.25, -0.2) is 0 Å². The summed E-state index contributed by atoms with van der Waals surface area (Å²) in [6.07, 6.45) is 9.68. The van der Waals surface area contributed by atoms with E-state index in [9.17, 15) is 5.11 Å². The number of aromatic nitrogens is 1. The molecule has 1 aliphatic heterocycles. The third-order valence-electron chi connectivity index (χ3n) is 7.36. The highest BCUT2D eigenvalue weighted by atomic mass is 16.3. The Balaban J connectivity index is 1.42. The van der Waals surface area contributed by atoms with Gasteiger partial charge in [-0.3, -0.25) is 10.3 Å². The molecule has 1 aliphatic carbocycles. The molecule has 2 atom stereocenters. The highest BCUT2D eigenvalue weighted by molar-refractivity contribution is 5.40. The summed E-state index contributed by atoms with van der Waals surface area (Å²) < 4.78 is 0. The van der Waals surface area contributed by atoms with Gasteiger partial charge in [0.15, 0.2) is 0 Å². The van der Waals surface area contributed by atoms with E-state index in [1.165, 1.54) is 56.4 Å². The summed E-state index contributed by atoms with van der Waals surface area (Å²) in [6, 6.07) is 13.1. The van der Waals surface area contributed by atoms with Gasteiger partial charge in [0.2, 0.25) is 0 Å². The van der Waals surface area contributed by atoms with Crippen LogP contribution < -0.4 is 5.32 Å². The normalized spacial score (nSPS) is 22.3. The fourth-order valence-corrected chi connectivity index (χ4v) is 5.42. The first-order chi connectivity index (χ1) is 14.8. The van der Waals surface area contributed by atoms with Gasteiger partial charge in [0.05, 0.1) is 0 Å². The molecule has 2 aliphatic rings. The molecule has 168 valence electrons. The van der Waals surface area contributed by atoms with Crippen molar-refractivity contribution in [3.63, 3.8) is 0 Å². The third-order valence-corrected chi connectivity index (χ3v) is 7.36. The fraction of sp³-hybridized carbons (Fsp3) is 0.593. The molecule has 4 heteroatoms. The van der Waals surface area contributed by atoms with Gasteiger partial charge in [-0.05, 0) is 85.3 Å². The molecule has 1 unspecified atom stereocenters. The topological polar surface area (TPSA) is 48.4 Å². The second kappa shape index (κ2) is 9.40. The first-order valence-corrected chi connectivity index (χ1v) is 12.0. The average molecular weight is 422 g/mol. The average Bonchev–Trinajstić information content (AvgIpc) is 2.76. The molecule has 2 N–H and O–H groups in total. The molecule has 4 rings (SSSR count). The van der Waals surface area contributed by atoms with Crippen molar-refractivity contribution in [1.29, 1.82) is 0 Å². The summed E-state index contributed by atoms with van der Waals surface area (Å²) in [5.41, 5.74) is 4.68. The monoisotopic (exact) mass is 421 g/mol. The fourth-order valence-electron chi connectivity index (χ4n) is 5.42. The Morgan fingerprint density at radius 1 is 1.13 bits per heavy atom. The lowest BCUT2D eigenvalue weighted by atomic mass is 9.63. The van der Waals surface area contributed by atoms with Crippen molar-refractivity contribution >= 4 is 0 Å². The number of fused-ring (bicyclic) bond motifs is 2. The number of aliphatic hydroxyl groups excluding tert-OH is 1. The standard InChI is InChI=1S/C27H39N3O/c1-26(2,3)12-16-30-17-13-27(14-18-30)11-10-24(22-8-4-5-9-23(22)27)29-25(31)19-21-7-6-15-28-20-21/h4-9,15,20,24-25,29,31H,10-14,16-19H2,1-3H3/t24-,25?/m0/s1. The first kappa shape index (κ1) is 22.4. The number of hydrogen-bond acceptors (Lipinski definition) is 4. The van der Waals surface area contributed by atoms with Gasteiger partial charge in [-0.1, -0.05) is 51.1 Å². The van der Waals surface area contributed by atoms with Crippen LogP contribution in [0.3, 0.4) is 0 Å². The summed E-state index contributed by atoms with van der Waals surface area (Å²) in [6.45, 7) is 10.6. The Hall–Kier alpha value is -1.75. The van der Waals surface area contributed by atoms with Crippen molar-refractivity contribution < 1.29 is 5.11 Å². The lowest BCUT2D eigenvalue weighted by molar-refractivity contribution is 0.0993. The Kier molecular flexibility index (Phi) is 6.80. The molecule has 31 heavy (non-hydrogen) atoms. The van der Waals surface area contributed by atoms with Crippen LogP contribution in [-0.2, 0) is 11.8 Å².